The van der Waals surface area contributed by atoms with Gasteiger partial charge in [0.15, 0.2) is 0 Å². The molecule has 11 heavy (non-hydrogen) atoms. The maximum Gasteiger partial charge on any atom is 0.0132 e. The minimum atomic E-state index is 0.692. The van der Waals surface area contributed by atoms with E-state index >= 15 is 0 Å². The van der Waals surface area contributed by atoms with Crippen molar-refractivity contribution in [3.05, 3.63) is 0 Å². The standard InChI is InChI=1S/C9H19NS/c1-7-4-5-9(7)10-8(2)6-11-3/h7-10H,4-6H2,1-3H3. The third-order valence-electron chi connectivity index (χ3n) is 2.54. The van der Waals surface area contributed by atoms with Crippen molar-refractivity contribution >= 4 is 11.8 Å². The van der Waals surface area contributed by atoms with Crippen molar-refractivity contribution in [2.24, 2.45) is 5.92 Å². The molecule has 0 aromatic heterocycles. The Morgan fingerprint density at radius 2 is 2.27 bits per heavy atom. The Morgan fingerprint density at radius 1 is 1.55 bits per heavy atom. The van der Waals surface area contributed by atoms with Gasteiger partial charge in [0.2, 0.25) is 0 Å². The smallest absolute Gasteiger partial charge is 0.0132 e. The van der Waals surface area contributed by atoms with Gasteiger partial charge in [-0.05, 0) is 31.9 Å². The van der Waals surface area contributed by atoms with Crippen LogP contribution in [0.3, 0.4) is 0 Å². The zero-order valence-electron chi connectivity index (χ0n) is 7.76. The highest BCUT2D eigenvalue weighted by molar-refractivity contribution is 7.98. The molecule has 0 radical (unpaired) electrons. The van der Waals surface area contributed by atoms with Crippen molar-refractivity contribution in [1.29, 1.82) is 0 Å². The van der Waals surface area contributed by atoms with E-state index in [0.717, 1.165) is 12.0 Å². The summed E-state index contributed by atoms with van der Waals surface area (Å²) in [5.41, 5.74) is 0. The number of nitrogens with one attached hydrogen (secondary N) is 1. The summed E-state index contributed by atoms with van der Waals surface area (Å²) in [4.78, 5) is 0. The van der Waals surface area contributed by atoms with Crippen LogP contribution in [-0.4, -0.2) is 24.1 Å². The average molecular weight is 173 g/mol. The second-order valence-electron chi connectivity index (χ2n) is 3.68. The van der Waals surface area contributed by atoms with E-state index in [-0.39, 0.29) is 0 Å². The van der Waals surface area contributed by atoms with Crippen LogP contribution < -0.4 is 5.32 Å². The number of thioether (sulfide) groups is 1. The summed E-state index contributed by atoms with van der Waals surface area (Å²) < 4.78 is 0. The molecule has 0 aromatic rings. The third-order valence-corrected chi connectivity index (χ3v) is 3.37. The number of rotatable bonds is 4. The van der Waals surface area contributed by atoms with Gasteiger partial charge in [-0.3, -0.25) is 0 Å². The van der Waals surface area contributed by atoms with Gasteiger partial charge in [-0.15, -0.1) is 0 Å². The molecule has 0 saturated heterocycles. The minimum Gasteiger partial charge on any atom is -0.310 e. The second kappa shape index (κ2) is 4.36. The molecule has 0 bridgehead atoms. The summed E-state index contributed by atoms with van der Waals surface area (Å²) in [5, 5.41) is 3.65. The highest BCUT2D eigenvalue weighted by Gasteiger charge is 2.26. The van der Waals surface area contributed by atoms with E-state index in [4.69, 9.17) is 0 Å². The molecule has 1 aliphatic rings. The lowest BCUT2D eigenvalue weighted by Gasteiger charge is -2.36. The van der Waals surface area contributed by atoms with Crippen LogP contribution in [0.25, 0.3) is 0 Å². The summed E-state index contributed by atoms with van der Waals surface area (Å²) in [6.07, 6.45) is 4.98. The Kier molecular flexibility index (Phi) is 3.73. The number of hydrogen-bond acceptors (Lipinski definition) is 2. The lowest BCUT2D eigenvalue weighted by atomic mass is 9.81. The van der Waals surface area contributed by atoms with E-state index in [1.807, 2.05) is 11.8 Å². The molecule has 3 atom stereocenters. The van der Waals surface area contributed by atoms with Crippen LogP contribution in [0.4, 0.5) is 0 Å². The second-order valence-corrected chi connectivity index (χ2v) is 4.59. The van der Waals surface area contributed by atoms with Gasteiger partial charge in [-0.2, -0.15) is 11.8 Å². The van der Waals surface area contributed by atoms with Gasteiger partial charge in [-0.25, -0.2) is 0 Å². The summed E-state index contributed by atoms with van der Waals surface area (Å²) in [6, 6.07) is 1.51. The molecule has 66 valence electrons. The maximum absolute atomic E-state index is 3.65. The fraction of sp³-hybridized carbons (Fsp3) is 1.00. The third kappa shape index (κ3) is 2.68. The number of hydrogen-bond donors (Lipinski definition) is 1. The molecule has 2 heteroatoms. The summed E-state index contributed by atoms with van der Waals surface area (Å²) >= 11 is 1.93. The van der Waals surface area contributed by atoms with Crippen LogP contribution in [-0.2, 0) is 0 Å². The predicted octanol–water partition coefficient (Wildman–Crippen LogP) is 2.13. The molecule has 0 spiro atoms. The molecule has 1 nitrogen and oxygen atoms in total. The quantitative estimate of drug-likeness (QED) is 0.699. The zero-order chi connectivity index (χ0) is 8.27. The van der Waals surface area contributed by atoms with Crippen molar-refractivity contribution in [2.75, 3.05) is 12.0 Å². The van der Waals surface area contributed by atoms with Gasteiger partial charge >= 0.3 is 0 Å². The lowest BCUT2D eigenvalue weighted by molar-refractivity contribution is 0.218. The van der Waals surface area contributed by atoms with E-state index in [0.29, 0.717) is 6.04 Å². The average Bonchev–Trinajstić information content (AvgIpc) is 1.98. The van der Waals surface area contributed by atoms with Gasteiger partial charge < -0.3 is 5.32 Å². The Balaban J connectivity index is 2.09. The van der Waals surface area contributed by atoms with E-state index in [9.17, 15) is 0 Å². The van der Waals surface area contributed by atoms with E-state index in [1.165, 1.54) is 18.6 Å². The fourth-order valence-corrected chi connectivity index (χ4v) is 2.17. The maximum atomic E-state index is 3.65. The first-order valence-electron chi connectivity index (χ1n) is 4.49. The molecule has 0 aromatic carbocycles. The molecular weight excluding hydrogens is 154 g/mol. The van der Waals surface area contributed by atoms with Gasteiger partial charge in [0.05, 0.1) is 0 Å². The molecule has 0 amide bonds. The van der Waals surface area contributed by atoms with Crippen molar-refractivity contribution in [3.8, 4) is 0 Å². The molecule has 0 aliphatic heterocycles. The van der Waals surface area contributed by atoms with Crippen molar-refractivity contribution in [1.82, 2.24) is 5.32 Å². The first kappa shape index (κ1) is 9.40. The predicted molar refractivity (Wildman–Crippen MR) is 53.2 cm³/mol. The highest BCUT2D eigenvalue weighted by atomic mass is 32.2. The van der Waals surface area contributed by atoms with E-state index in [2.05, 4.69) is 25.4 Å². The Morgan fingerprint density at radius 3 is 2.64 bits per heavy atom. The Hall–Kier alpha value is 0.310. The van der Waals surface area contributed by atoms with Gasteiger partial charge in [0.25, 0.3) is 0 Å². The molecule has 3 unspecified atom stereocenters. The molecular formula is C9H19NS. The largest absolute Gasteiger partial charge is 0.310 e. The topological polar surface area (TPSA) is 12.0 Å². The molecule has 1 aliphatic carbocycles. The molecule has 1 N–H and O–H groups in total. The molecule has 0 heterocycles. The zero-order valence-corrected chi connectivity index (χ0v) is 8.58. The first-order valence-corrected chi connectivity index (χ1v) is 5.88. The van der Waals surface area contributed by atoms with Crippen LogP contribution in [0.2, 0.25) is 0 Å². The highest BCUT2D eigenvalue weighted by Crippen LogP contribution is 2.26. The normalized spacial score (nSPS) is 33.0. The van der Waals surface area contributed by atoms with E-state index in [1.54, 1.807) is 0 Å². The van der Waals surface area contributed by atoms with Crippen LogP contribution >= 0.6 is 11.8 Å². The van der Waals surface area contributed by atoms with Gasteiger partial charge in [0, 0.05) is 17.8 Å². The van der Waals surface area contributed by atoms with Crippen LogP contribution in [0.15, 0.2) is 0 Å². The first-order chi connectivity index (χ1) is 5.24. The molecule has 1 rings (SSSR count). The van der Waals surface area contributed by atoms with Crippen LogP contribution in [0.1, 0.15) is 26.7 Å². The fourth-order valence-electron chi connectivity index (χ4n) is 1.58. The van der Waals surface area contributed by atoms with Crippen molar-refractivity contribution in [3.63, 3.8) is 0 Å². The van der Waals surface area contributed by atoms with Gasteiger partial charge in [0.1, 0.15) is 0 Å². The lowest BCUT2D eigenvalue weighted by Crippen LogP contribution is -2.47. The summed E-state index contributed by atoms with van der Waals surface area (Å²) in [5.74, 6) is 2.16. The Labute approximate surface area is 74.3 Å². The minimum absolute atomic E-state index is 0.692. The Bertz CT molecular complexity index is 116. The SMILES string of the molecule is CSCC(C)NC1CCC1C. The monoisotopic (exact) mass is 173 g/mol. The summed E-state index contributed by atoms with van der Waals surface area (Å²) in [7, 11) is 0. The van der Waals surface area contributed by atoms with Crippen LogP contribution in [0, 0.1) is 5.92 Å². The molecule has 1 fully saturated rings. The summed E-state index contributed by atoms with van der Waals surface area (Å²) in [6.45, 7) is 4.62. The van der Waals surface area contributed by atoms with Crippen LogP contribution in [0.5, 0.6) is 0 Å². The van der Waals surface area contributed by atoms with Gasteiger partial charge in [-0.1, -0.05) is 6.92 Å². The van der Waals surface area contributed by atoms with Crippen molar-refractivity contribution < 1.29 is 0 Å². The molecule has 1 saturated carbocycles. The van der Waals surface area contributed by atoms with E-state index < -0.39 is 0 Å². The van der Waals surface area contributed by atoms with Crippen molar-refractivity contribution in [2.45, 2.75) is 38.8 Å².